The third-order valence-corrected chi connectivity index (χ3v) is 3.53. The second-order valence-corrected chi connectivity index (χ2v) is 5.25. The van der Waals surface area contributed by atoms with E-state index in [0.29, 0.717) is 0 Å². The Morgan fingerprint density at radius 3 is 2.25 bits per heavy atom. The minimum atomic E-state index is -3.69. The van der Waals surface area contributed by atoms with Crippen molar-refractivity contribution in [2.45, 2.75) is 46.8 Å². The van der Waals surface area contributed by atoms with Crippen LogP contribution in [0, 0.1) is 0 Å². The predicted octanol–water partition coefficient (Wildman–Crippen LogP) is 2.51. The molecule has 0 fully saturated rings. The number of aromatic nitrogens is 2. The maximum Gasteiger partial charge on any atom is 0.472 e. The van der Waals surface area contributed by atoms with Gasteiger partial charge in [-0.2, -0.15) is 0 Å². The molecule has 0 aliphatic rings. The van der Waals surface area contributed by atoms with Gasteiger partial charge in [-0.3, -0.25) is 9.05 Å². The summed E-state index contributed by atoms with van der Waals surface area (Å²) < 4.78 is 21.2. The third kappa shape index (κ3) is 7.17. The van der Waals surface area contributed by atoms with E-state index in [0.717, 1.165) is 18.8 Å². The van der Waals surface area contributed by atoms with Crippen LogP contribution in [-0.4, -0.2) is 32.8 Å². The number of rotatable bonds is 7. The van der Waals surface area contributed by atoms with Gasteiger partial charge in [0.1, 0.15) is 11.9 Å². The third-order valence-electron chi connectivity index (χ3n) is 2.36. The molecule has 0 spiro atoms. The van der Waals surface area contributed by atoms with E-state index in [-0.39, 0.29) is 13.2 Å². The van der Waals surface area contributed by atoms with Gasteiger partial charge in [-0.1, -0.05) is 6.92 Å². The lowest BCUT2D eigenvalue weighted by Crippen LogP contribution is -2.06. The lowest BCUT2D eigenvalue weighted by atomic mass is 10.2. The summed E-state index contributed by atoms with van der Waals surface area (Å²) in [4.78, 5) is 12.7. The van der Waals surface area contributed by atoms with E-state index in [1.165, 1.54) is 0 Å². The van der Waals surface area contributed by atoms with Crippen LogP contribution in [0.15, 0.2) is 12.4 Å². The van der Waals surface area contributed by atoms with Crippen LogP contribution in [0.5, 0.6) is 0 Å². The molecule has 118 valence electrons. The highest BCUT2D eigenvalue weighted by Crippen LogP contribution is 2.42. The maximum atomic E-state index is 10.5. The highest BCUT2D eigenvalue weighted by Gasteiger charge is 2.17. The normalized spacial score (nSPS) is 12.7. The fourth-order valence-electron chi connectivity index (χ4n) is 1.43. The molecule has 7 nitrogen and oxygen atoms in total. The van der Waals surface area contributed by atoms with Crippen LogP contribution in [0.1, 0.15) is 46.0 Å². The van der Waals surface area contributed by atoms with Crippen molar-refractivity contribution in [3.05, 3.63) is 18.2 Å². The number of aliphatic hydroxyl groups is 1. The number of nitrogens with zero attached hydrogens (tertiary/aromatic N) is 2. The molecular weight excluding hydrogens is 283 g/mol. The zero-order valence-electron chi connectivity index (χ0n) is 12.5. The van der Waals surface area contributed by atoms with E-state index in [4.69, 9.17) is 4.89 Å². The summed E-state index contributed by atoms with van der Waals surface area (Å²) in [5, 5.41) is 9.45. The van der Waals surface area contributed by atoms with Crippen molar-refractivity contribution in [3.8, 4) is 0 Å². The zero-order chi connectivity index (χ0) is 15.6. The van der Waals surface area contributed by atoms with Gasteiger partial charge in [-0.05, 0) is 27.2 Å². The van der Waals surface area contributed by atoms with Gasteiger partial charge in [0.05, 0.1) is 13.2 Å². The molecule has 2 N–H and O–H groups in total. The molecule has 0 aliphatic heterocycles. The monoisotopic (exact) mass is 308 g/mol. The second kappa shape index (κ2) is 10.1. The van der Waals surface area contributed by atoms with Crippen molar-refractivity contribution in [3.63, 3.8) is 0 Å². The summed E-state index contributed by atoms with van der Waals surface area (Å²) in [7, 11) is -3.69. The molecule has 0 radical (unpaired) electrons. The van der Waals surface area contributed by atoms with Gasteiger partial charge in [-0.25, -0.2) is 9.55 Å². The Morgan fingerprint density at radius 1 is 1.30 bits per heavy atom. The molecule has 20 heavy (non-hydrogen) atoms. The average molecular weight is 308 g/mol. The summed E-state index contributed by atoms with van der Waals surface area (Å²) in [5.74, 6) is 0.773. The Hall–Kier alpha value is -0.720. The van der Waals surface area contributed by atoms with E-state index in [9.17, 15) is 9.67 Å². The van der Waals surface area contributed by atoms with E-state index in [1.54, 1.807) is 20.0 Å². The van der Waals surface area contributed by atoms with Crippen LogP contribution in [-0.2, 0) is 20.2 Å². The fourth-order valence-corrected chi connectivity index (χ4v) is 2.16. The second-order valence-electron chi connectivity index (χ2n) is 3.80. The highest BCUT2D eigenvalue weighted by atomic mass is 31.2. The summed E-state index contributed by atoms with van der Waals surface area (Å²) in [6.45, 7) is 8.48. The quantitative estimate of drug-likeness (QED) is 0.752. The van der Waals surface area contributed by atoms with Gasteiger partial charge in [0, 0.05) is 18.9 Å². The number of imidazole rings is 1. The van der Waals surface area contributed by atoms with Gasteiger partial charge in [0.25, 0.3) is 0 Å². The predicted molar refractivity (Wildman–Crippen MR) is 76.2 cm³/mol. The molecule has 1 unspecified atom stereocenters. The maximum absolute atomic E-state index is 10.5. The molecule has 1 rings (SSSR count). The molecule has 1 heterocycles. The van der Waals surface area contributed by atoms with Gasteiger partial charge in [0.15, 0.2) is 0 Å². The molecule has 0 aromatic carbocycles. The van der Waals surface area contributed by atoms with Gasteiger partial charge >= 0.3 is 7.82 Å². The van der Waals surface area contributed by atoms with Crippen LogP contribution >= 0.6 is 7.82 Å². The van der Waals surface area contributed by atoms with Crippen molar-refractivity contribution < 1.29 is 23.6 Å². The van der Waals surface area contributed by atoms with Gasteiger partial charge < -0.3 is 14.6 Å². The molecule has 1 atom stereocenters. The Labute approximate surface area is 120 Å². The van der Waals surface area contributed by atoms with Crippen molar-refractivity contribution in [1.29, 1.82) is 0 Å². The highest BCUT2D eigenvalue weighted by molar-refractivity contribution is 7.47. The standard InChI is InChI=1S/C8H14N2O.C4H11O4P/c1-3-7(11)8-9-5-6-10(8)4-2;1-3-7-9(5,6)8-4-2/h5-7,11H,3-4H2,1-2H3;3-4H2,1-2H3,(H,5,6). The summed E-state index contributed by atoms with van der Waals surface area (Å²) in [6, 6.07) is 0. The van der Waals surface area contributed by atoms with Gasteiger partial charge in [0.2, 0.25) is 0 Å². The zero-order valence-corrected chi connectivity index (χ0v) is 13.4. The smallest absolute Gasteiger partial charge is 0.385 e. The fraction of sp³-hybridized carbons (Fsp3) is 0.750. The number of aryl methyl sites for hydroxylation is 1. The number of aliphatic hydroxyl groups excluding tert-OH is 1. The SMILES string of the molecule is CCC(O)c1nccn1CC.CCOP(=O)(O)OCC. The van der Waals surface area contributed by atoms with E-state index < -0.39 is 13.9 Å². The molecule has 1 aromatic heterocycles. The van der Waals surface area contributed by atoms with Crippen LogP contribution in [0.3, 0.4) is 0 Å². The molecule has 0 saturated carbocycles. The molecule has 0 bridgehead atoms. The largest absolute Gasteiger partial charge is 0.472 e. The number of hydrogen-bond donors (Lipinski definition) is 2. The van der Waals surface area contributed by atoms with Gasteiger partial charge in [-0.15, -0.1) is 0 Å². The summed E-state index contributed by atoms with van der Waals surface area (Å²) >= 11 is 0. The van der Waals surface area contributed by atoms with E-state index in [1.807, 2.05) is 24.6 Å². The van der Waals surface area contributed by atoms with Crippen molar-refractivity contribution in [2.75, 3.05) is 13.2 Å². The van der Waals surface area contributed by atoms with Crippen LogP contribution in [0.2, 0.25) is 0 Å². The van der Waals surface area contributed by atoms with E-state index in [2.05, 4.69) is 14.0 Å². The molecule has 1 aromatic rings. The van der Waals surface area contributed by atoms with Crippen molar-refractivity contribution in [2.24, 2.45) is 0 Å². The summed E-state index contributed by atoms with van der Waals surface area (Å²) in [6.07, 6.45) is 3.91. The van der Waals surface area contributed by atoms with Crippen LogP contribution < -0.4 is 0 Å². The number of phosphoric ester groups is 1. The molecular formula is C12H25N2O5P. The molecule has 0 amide bonds. The first-order valence-corrected chi connectivity index (χ1v) is 8.22. The Morgan fingerprint density at radius 2 is 1.85 bits per heavy atom. The molecule has 8 heteroatoms. The van der Waals surface area contributed by atoms with Crippen molar-refractivity contribution in [1.82, 2.24) is 9.55 Å². The Balaban J connectivity index is 0.000000370. The lowest BCUT2D eigenvalue weighted by Gasteiger charge is -2.08. The summed E-state index contributed by atoms with van der Waals surface area (Å²) in [5.41, 5.74) is 0. The minimum absolute atomic E-state index is 0.188. The first kappa shape index (κ1) is 19.3. The van der Waals surface area contributed by atoms with Crippen molar-refractivity contribution >= 4 is 7.82 Å². The molecule has 0 saturated heterocycles. The topological polar surface area (TPSA) is 93.8 Å². The Bertz CT molecular complexity index is 400. The number of hydrogen-bond acceptors (Lipinski definition) is 5. The van der Waals surface area contributed by atoms with Crippen LogP contribution in [0.25, 0.3) is 0 Å². The average Bonchev–Trinajstić information content (AvgIpc) is 2.86. The minimum Gasteiger partial charge on any atom is -0.385 e. The van der Waals surface area contributed by atoms with E-state index >= 15 is 0 Å². The Kier molecular flexibility index (Phi) is 9.71. The number of phosphoric acid groups is 1. The van der Waals surface area contributed by atoms with Crippen LogP contribution in [0.4, 0.5) is 0 Å². The first-order valence-electron chi connectivity index (χ1n) is 6.72. The molecule has 0 aliphatic carbocycles. The lowest BCUT2D eigenvalue weighted by molar-refractivity contribution is 0.159. The first-order chi connectivity index (χ1) is 9.41.